The fourth-order valence-corrected chi connectivity index (χ4v) is 3.46. The number of hydrogen-bond donors (Lipinski definition) is 2. The summed E-state index contributed by atoms with van der Waals surface area (Å²) >= 11 is 5.90. The Bertz CT molecular complexity index is 419. The molecule has 0 unspecified atom stereocenters. The molecule has 3 heteroatoms. The zero-order valence-electron chi connectivity index (χ0n) is 11.2. The molecule has 0 saturated heterocycles. The molecular weight excluding hydrogens is 258 g/mol. The lowest BCUT2D eigenvalue weighted by Crippen LogP contribution is -2.47. The third-order valence-electron chi connectivity index (χ3n) is 4.73. The highest BCUT2D eigenvalue weighted by molar-refractivity contribution is 6.30. The van der Waals surface area contributed by atoms with E-state index < -0.39 is 5.60 Å². The van der Waals surface area contributed by atoms with Crippen LogP contribution >= 0.6 is 11.6 Å². The van der Waals surface area contributed by atoms with Gasteiger partial charge in [0.15, 0.2) is 0 Å². The molecule has 0 bridgehead atoms. The molecule has 2 fully saturated rings. The summed E-state index contributed by atoms with van der Waals surface area (Å²) in [6, 6.07) is 8.78. The Balaban J connectivity index is 1.44. The first-order chi connectivity index (χ1) is 9.15. The summed E-state index contributed by atoms with van der Waals surface area (Å²) in [5.74, 6) is 0.660. The van der Waals surface area contributed by atoms with Crippen molar-refractivity contribution in [3.63, 3.8) is 0 Å². The summed E-state index contributed by atoms with van der Waals surface area (Å²) in [7, 11) is 0. The standard InChI is InChI=1S/C16H22ClNO/c17-14-5-3-12(4-6-14)13-9-15(10-13)18-11-16(19)7-1-2-8-16/h3-6,13,15,18-19H,1-2,7-11H2. The van der Waals surface area contributed by atoms with Gasteiger partial charge in [-0.1, -0.05) is 36.6 Å². The first-order valence-corrected chi connectivity index (χ1v) is 7.74. The molecule has 0 aliphatic heterocycles. The van der Waals surface area contributed by atoms with Crippen molar-refractivity contribution in [3.8, 4) is 0 Å². The van der Waals surface area contributed by atoms with Gasteiger partial charge in [0.2, 0.25) is 0 Å². The summed E-state index contributed by atoms with van der Waals surface area (Å²) in [6.45, 7) is 0.769. The third kappa shape index (κ3) is 3.13. The number of nitrogens with one attached hydrogen (secondary N) is 1. The van der Waals surface area contributed by atoms with Crippen molar-refractivity contribution < 1.29 is 5.11 Å². The van der Waals surface area contributed by atoms with E-state index in [2.05, 4.69) is 17.4 Å². The van der Waals surface area contributed by atoms with Gasteiger partial charge in [-0.25, -0.2) is 0 Å². The molecule has 2 aliphatic carbocycles. The van der Waals surface area contributed by atoms with Crippen LogP contribution in [0, 0.1) is 0 Å². The molecule has 2 nitrogen and oxygen atoms in total. The molecule has 0 aromatic heterocycles. The van der Waals surface area contributed by atoms with Gasteiger partial charge in [0.05, 0.1) is 5.60 Å². The van der Waals surface area contributed by atoms with Gasteiger partial charge in [-0.05, 0) is 49.3 Å². The summed E-state index contributed by atoms with van der Waals surface area (Å²) in [6.07, 6.45) is 6.64. The van der Waals surface area contributed by atoms with Crippen LogP contribution < -0.4 is 5.32 Å². The SMILES string of the molecule is OC1(CNC2CC(c3ccc(Cl)cc3)C2)CCCC1. The van der Waals surface area contributed by atoms with Crippen LogP contribution in [-0.4, -0.2) is 23.3 Å². The van der Waals surface area contributed by atoms with Crippen LogP contribution in [0.5, 0.6) is 0 Å². The van der Waals surface area contributed by atoms with Crippen LogP contribution in [-0.2, 0) is 0 Å². The second-order valence-corrected chi connectivity index (χ2v) is 6.67. The van der Waals surface area contributed by atoms with E-state index in [9.17, 15) is 5.11 Å². The molecule has 0 atom stereocenters. The minimum absolute atomic E-state index is 0.425. The van der Waals surface area contributed by atoms with Gasteiger partial charge in [-0.2, -0.15) is 0 Å². The Morgan fingerprint density at radius 2 is 1.79 bits per heavy atom. The molecule has 0 heterocycles. The predicted molar refractivity (Wildman–Crippen MR) is 78.6 cm³/mol. The molecule has 0 spiro atoms. The molecule has 1 aromatic rings. The van der Waals surface area contributed by atoms with E-state index in [0.29, 0.717) is 12.0 Å². The molecule has 2 aliphatic rings. The second-order valence-electron chi connectivity index (χ2n) is 6.23. The molecule has 3 rings (SSSR count). The van der Waals surface area contributed by atoms with Gasteiger partial charge in [0.25, 0.3) is 0 Å². The lowest BCUT2D eigenvalue weighted by atomic mass is 9.75. The first kappa shape index (κ1) is 13.4. The molecule has 0 amide bonds. The zero-order valence-corrected chi connectivity index (χ0v) is 12.0. The van der Waals surface area contributed by atoms with Gasteiger partial charge in [0.1, 0.15) is 0 Å². The normalized spacial score (nSPS) is 29.2. The smallest absolute Gasteiger partial charge is 0.0771 e. The Labute approximate surface area is 120 Å². The summed E-state index contributed by atoms with van der Waals surface area (Å²) in [5.41, 5.74) is 0.966. The molecule has 104 valence electrons. The summed E-state index contributed by atoms with van der Waals surface area (Å²) in [4.78, 5) is 0. The Morgan fingerprint density at radius 1 is 1.16 bits per heavy atom. The maximum absolute atomic E-state index is 10.3. The van der Waals surface area contributed by atoms with E-state index in [1.165, 1.54) is 31.2 Å². The molecule has 19 heavy (non-hydrogen) atoms. The highest BCUT2D eigenvalue weighted by Gasteiger charge is 2.35. The van der Waals surface area contributed by atoms with Gasteiger partial charge in [-0.15, -0.1) is 0 Å². The topological polar surface area (TPSA) is 32.3 Å². The van der Waals surface area contributed by atoms with Crippen molar-refractivity contribution in [3.05, 3.63) is 34.9 Å². The van der Waals surface area contributed by atoms with E-state index in [1.807, 2.05) is 12.1 Å². The molecule has 2 N–H and O–H groups in total. The van der Waals surface area contributed by atoms with Crippen molar-refractivity contribution in [1.82, 2.24) is 5.32 Å². The van der Waals surface area contributed by atoms with Crippen LogP contribution in [0.3, 0.4) is 0 Å². The van der Waals surface area contributed by atoms with E-state index in [-0.39, 0.29) is 0 Å². The highest BCUT2D eigenvalue weighted by atomic mass is 35.5. The number of aliphatic hydroxyl groups is 1. The quantitative estimate of drug-likeness (QED) is 0.884. The number of benzene rings is 1. The van der Waals surface area contributed by atoms with Crippen LogP contribution in [0.15, 0.2) is 24.3 Å². The molecule has 0 radical (unpaired) electrons. The minimum Gasteiger partial charge on any atom is -0.389 e. The second kappa shape index (κ2) is 5.43. The number of rotatable bonds is 4. The van der Waals surface area contributed by atoms with Gasteiger partial charge < -0.3 is 10.4 Å². The minimum atomic E-state index is -0.425. The maximum atomic E-state index is 10.3. The fourth-order valence-electron chi connectivity index (χ4n) is 3.34. The number of halogens is 1. The maximum Gasteiger partial charge on any atom is 0.0771 e. The molecular formula is C16H22ClNO. The zero-order chi connectivity index (χ0) is 13.3. The van der Waals surface area contributed by atoms with Crippen LogP contribution in [0.25, 0.3) is 0 Å². The van der Waals surface area contributed by atoms with E-state index in [4.69, 9.17) is 11.6 Å². The van der Waals surface area contributed by atoms with Crippen molar-refractivity contribution in [1.29, 1.82) is 0 Å². The predicted octanol–water partition coefficient (Wildman–Crippen LogP) is 3.48. The van der Waals surface area contributed by atoms with Crippen molar-refractivity contribution in [2.75, 3.05) is 6.54 Å². The summed E-state index contributed by atoms with van der Waals surface area (Å²) in [5, 5.41) is 14.6. The lowest BCUT2D eigenvalue weighted by Gasteiger charge is -2.38. The fraction of sp³-hybridized carbons (Fsp3) is 0.625. The van der Waals surface area contributed by atoms with Gasteiger partial charge >= 0.3 is 0 Å². The Hall–Kier alpha value is -0.570. The van der Waals surface area contributed by atoms with Gasteiger partial charge in [-0.3, -0.25) is 0 Å². The van der Waals surface area contributed by atoms with E-state index in [0.717, 1.165) is 24.4 Å². The number of hydrogen-bond acceptors (Lipinski definition) is 2. The lowest BCUT2D eigenvalue weighted by molar-refractivity contribution is 0.0405. The average Bonchev–Trinajstić information content (AvgIpc) is 2.77. The van der Waals surface area contributed by atoms with Crippen molar-refractivity contribution in [2.45, 2.75) is 56.1 Å². The van der Waals surface area contributed by atoms with Crippen LogP contribution in [0.4, 0.5) is 0 Å². The van der Waals surface area contributed by atoms with Gasteiger partial charge in [0, 0.05) is 17.6 Å². The van der Waals surface area contributed by atoms with Crippen LogP contribution in [0.2, 0.25) is 5.02 Å². The first-order valence-electron chi connectivity index (χ1n) is 7.36. The summed E-state index contributed by atoms with van der Waals surface area (Å²) < 4.78 is 0. The van der Waals surface area contributed by atoms with Crippen LogP contribution in [0.1, 0.15) is 50.0 Å². The van der Waals surface area contributed by atoms with Crippen molar-refractivity contribution in [2.24, 2.45) is 0 Å². The van der Waals surface area contributed by atoms with Crippen molar-refractivity contribution >= 4 is 11.6 Å². The highest BCUT2D eigenvalue weighted by Crippen LogP contribution is 2.38. The average molecular weight is 280 g/mol. The molecule has 1 aromatic carbocycles. The van der Waals surface area contributed by atoms with E-state index in [1.54, 1.807) is 0 Å². The molecule has 2 saturated carbocycles. The third-order valence-corrected chi connectivity index (χ3v) is 4.99. The monoisotopic (exact) mass is 279 g/mol. The Morgan fingerprint density at radius 3 is 2.42 bits per heavy atom. The Kier molecular flexibility index (Phi) is 3.84. The van der Waals surface area contributed by atoms with E-state index >= 15 is 0 Å². The largest absolute Gasteiger partial charge is 0.389 e.